The van der Waals surface area contributed by atoms with Crippen LogP contribution in [0.2, 0.25) is 0 Å². The van der Waals surface area contributed by atoms with Crippen molar-refractivity contribution >= 4 is 11.8 Å². The molecule has 0 aliphatic rings. The number of amides is 2. The molecule has 29 heavy (non-hydrogen) atoms. The van der Waals surface area contributed by atoms with Crippen molar-refractivity contribution in [2.24, 2.45) is 11.7 Å². The van der Waals surface area contributed by atoms with Gasteiger partial charge in [0.25, 0.3) is 5.91 Å². The molecule has 3 rings (SSSR count). The van der Waals surface area contributed by atoms with Gasteiger partial charge in [0.2, 0.25) is 11.8 Å². The summed E-state index contributed by atoms with van der Waals surface area (Å²) in [5.74, 6) is -1.28. The summed E-state index contributed by atoms with van der Waals surface area (Å²) in [6, 6.07) is 18.0. The van der Waals surface area contributed by atoms with Crippen LogP contribution >= 0.6 is 0 Å². The van der Waals surface area contributed by atoms with E-state index in [0.29, 0.717) is 5.75 Å². The molecule has 6 nitrogen and oxygen atoms in total. The van der Waals surface area contributed by atoms with Gasteiger partial charge in [-0.05, 0) is 48.4 Å². The van der Waals surface area contributed by atoms with E-state index in [-0.39, 0.29) is 30.2 Å². The van der Waals surface area contributed by atoms with Gasteiger partial charge in [-0.2, -0.15) is 0 Å². The zero-order valence-corrected chi connectivity index (χ0v) is 15.5. The van der Waals surface area contributed by atoms with E-state index >= 15 is 0 Å². The lowest BCUT2D eigenvalue weighted by Crippen LogP contribution is -2.37. The average Bonchev–Trinajstić information content (AvgIpc) is 2.73. The van der Waals surface area contributed by atoms with Crippen LogP contribution in [0.1, 0.15) is 15.9 Å². The van der Waals surface area contributed by atoms with Gasteiger partial charge in [-0.3, -0.25) is 9.59 Å². The largest absolute Gasteiger partial charge is 0.438 e. The molecule has 1 unspecified atom stereocenters. The van der Waals surface area contributed by atoms with Gasteiger partial charge < -0.3 is 15.8 Å². The molecular formula is C22H20FN3O3. The van der Waals surface area contributed by atoms with E-state index in [1.807, 2.05) is 18.2 Å². The maximum Gasteiger partial charge on any atom is 0.256 e. The molecule has 1 aromatic heterocycles. The second-order valence-corrected chi connectivity index (χ2v) is 6.41. The first-order valence-electron chi connectivity index (χ1n) is 9.03. The highest BCUT2D eigenvalue weighted by atomic mass is 19.1. The second-order valence-electron chi connectivity index (χ2n) is 6.41. The number of carbonyl (C=O) groups is 2. The molecule has 2 aromatic carbocycles. The molecule has 1 heterocycles. The number of primary amides is 1. The molecule has 0 aliphatic carbocycles. The van der Waals surface area contributed by atoms with Crippen molar-refractivity contribution in [3.05, 3.63) is 89.9 Å². The Bertz CT molecular complexity index is 978. The van der Waals surface area contributed by atoms with E-state index in [2.05, 4.69) is 10.3 Å². The minimum absolute atomic E-state index is 0.0330. The molecule has 3 aromatic rings. The van der Waals surface area contributed by atoms with E-state index in [4.69, 9.17) is 10.5 Å². The lowest BCUT2D eigenvalue weighted by molar-refractivity contribution is -0.121. The standard InChI is InChI=1S/C22H20FN3O3/c23-17-10-8-15(9-11-17)13-16(20(24)27)14-26-21(28)19-7-4-12-25-22(19)29-18-5-2-1-3-6-18/h1-12,16H,13-14H2,(H2,24,27)(H,26,28). The van der Waals surface area contributed by atoms with Crippen LogP contribution in [0.25, 0.3) is 0 Å². The van der Waals surface area contributed by atoms with Gasteiger partial charge in [-0.25, -0.2) is 9.37 Å². The van der Waals surface area contributed by atoms with E-state index in [0.717, 1.165) is 5.56 Å². The SMILES string of the molecule is NC(=O)C(CNC(=O)c1cccnc1Oc1ccccc1)Cc1ccc(F)cc1. The van der Waals surface area contributed by atoms with Crippen molar-refractivity contribution < 1.29 is 18.7 Å². The first kappa shape index (κ1) is 20.0. The Kier molecular flexibility index (Phi) is 6.52. The van der Waals surface area contributed by atoms with Crippen LogP contribution < -0.4 is 15.8 Å². The predicted molar refractivity (Wildman–Crippen MR) is 106 cm³/mol. The quantitative estimate of drug-likeness (QED) is 0.615. The number of rotatable bonds is 8. The van der Waals surface area contributed by atoms with Gasteiger partial charge in [0.05, 0.1) is 5.92 Å². The second kappa shape index (κ2) is 9.45. The summed E-state index contributed by atoms with van der Waals surface area (Å²) in [4.78, 5) is 28.6. The molecular weight excluding hydrogens is 373 g/mol. The average molecular weight is 393 g/mol. The van der Waals surface area contributed by atoms with Gasteiger partial charge in [0.15, 0.2) is 0 Å². The maximum atomic E-state index is 13.1. The number of halogens is 1. The Morgan fingerprint density at radius 3 is 2.45 bits per heavy atom. The highest BCUT2D eigenvalue weighted by Gasteiger charge is 2.20. The van der Waals surface area contributed by atoms with Crippen LogP contribution in [0.3, 0.4) is 0 Å². The molecule has 0 aliphatic heterocycles. The number of aromatic nitrogens is 1. The predicted octanol–water partition coefficient (Wildman–Crippen LogP) is 3.09. The van der Waals surface area contributed by atoms with Crippen LogP contribution in [0.15, 0.2) is 72.9 Å². The molecule has 0 bridgehead atoms. The Morgan fingerprint density at radius 2 is 1.76 bits per heavy atom. The summed E-state index contributed by atoms with van der Waals surface area (Å²) in [6.45, 7) is 0.0330. The number of hydrogen-bond acceptors (Lipinski definition) is 4. The smallest absolute Gasteiger partial charge is 0.256 e. The van der Waals surface area contributed by atoms with E-state index in [9.17, 15) is 14.0 Å². The summed E-state index contributed by atoms with van der Waals surface area (Å²) in [5.41, 5.74) is 6.46. The van der Waals surface area contributed by atoms with Crippen LogP contribution in [0.4, 0.5) is 4.39 Å². The Labute approximate surface area is 167 Å². The van der Waals surface area contributed by atoms with Gasteiger partial charge in [0, 0.05) is 12.7 Å². The molecule has 1 atom stereocenters. The summed E-state index contributed by atoms with van der Waals surface area (Å²) >= 11 is 0. The fourth-order valence-electron chi connectivity index (χ4n) is 2.73. The van der Waals surface area contributed by atoms with Crippen molar-refractivity contribution in [3.63, 3.8) is 0 Å². The monoisotopic (exact) mass is 393 g/mol. The molecule has 0 spiro atoms. The highest BCUT2D eigenvalue weighted by Crippen LogP contribution is 2.22. The molecule has 0 radical (unpaired) electrons. The first-order chi connectivity index (χ1) is 14.0. The van der Waals surface area contributed by atoms with Crippen molar-refractivity contribution in [1.82, 2.24) is 10.3 Å². The number of pyridine rings is 1. The number of nitrogens with two attached hydrogens (primary N) is 1. The number of benzene rings is 2. The molecule has 0 fully saturated rings. The topological polar surface area (TPSA) is 94.3 Å². The number of carbonyl (C=O) groups excluding carboxylic acids is 2. The molecule has 7 heteroatoms. The molecule has 2 amide bonds. The van der Waals surface area contributed by atoms with E-state index < -0.39 is 17.7 Å². The van der Waals surface area contributed by atoms with Crippen LogP contribution in [-0.2, 0) is 11.2 Å². The normalized spacial score (nSPS) is 11.5. The van der Waals surface area contributed by atoms with Gasteiger partial charge >= 0.3 is 0 Å². The van der Waals surface area contributed by atoms with Crippen molar-refractivity contribution in [1.29, 1.82) is 0 Å². The summed E-state index contributed by atoms with van der Waals surface area (Å²) in [6.07, 6.45) is 1.81. The number of nitrogens with zero attached hydrogens (tertiary/aromatic N) is 1. The van der Waals surface area contributed by atoms with Crippen LogP contribution in [-0.4, -0.2) is 23.3 Å². The molecule has 0 saturated carbocycles. The third-order valence-corrected chi connectivity index (χ3v) is 4.28. The lowest BCUT2D eigenvalue weighted by atomic mass is 9.98. The summed E-state index contributed by atoms with van der Waals surface area (Å²) in [5, 5.41) is 2.70. The zero-order valence-electron chi connectivity index (χ0n) is 15.5. The lowest BCUT2D eigenvalue weighted by Gasteiger charge is -2.15. The van der Waals surface area contributed by atoms with Crippen LogP contribution in [0, 0.1) is 11.7 Å². The first-order valence-corrected chi connectivity index (χ1v) is 9.03. The summed E-state index contributed by atoms with van der Waals surface area (Å²) in [7, 11) is 0. The maximum absolute atomic E-state index is 13.1. The number of para-hydroxylation sites is 1. The van der Waals surface area contributed by atoms with Crippen molar-refractivity contribution in [2.45, 2.75) is 6.42 Å². The van der Waals surface area contributed by atoms with Gasteiger partial charge in [-0.1, -0.05) is 30.3 Å². The third-order valence-electron chi connectivity index (χ3n) is 4.28. The fourth-order valence-corrected chi connectivity index (χ4v) is 2.73. The van der Waals surface area contributed by atoms with Crippen molar-refractivity contribution in [2.75, 3.05) is 6.54 Å². The van der Waals surface area contributed by atoms with Gasteiger partial charge in [-0.15, -0.1) is 0 Å². The Balaban J connectivity index is 1.67. The fraction of sp³-hybridized carbons (Fsp3) is 0.136. The summed E-state index contributed by atoms with van der Waals surface area (Å²) < 4.78 is 18.7. The number of ether oxygens (including phenoxy) is 1. The molecule has 0 saturated heterocycles. The highest BCUT2D eigenvalue weighted by molar-refractivity contribution is 5.96. The van der Waals surface area contributed by atoms with Crippen LogP contribution in [0.5, 0.6) is 11.6 Å². The Hall–Kier alpha value is -3.74. The Morgan fingerprint density at radius 1 is 1.03 bits per heavy atom. The van der Waals surface area contributed by atoms with E-state index in [1.54, 1.807) is 36.4 Å². The number of hydrogen-bond donors (Lipinski definition) is 2. The minimum Gasteiger partial charge on any atom is -0.438 e. The third kappa shape index (κ3) is 5.62. The van der Waals surface area contributed by atoms with Crippen molar-refractivity contribution in [3.8, 4) is 11.6 Å². The van der Waals surface area contributed by atoms with E-state index in [1.165, 1.54) is 18.3 Å². The molecule has 148 valence electrons. The number of nitrogens with one attached hydrogen (secondary N) is 1. The minimum atomic E-state index is -0.639. The van der Waals surface area contributed by atoms with Gasteiger partial charge in [0.1, 0.15) is 17.1 Å². The zero-order chi connectivity index (χ0) is 20.6. The molecule has 3 N–H and O–H groups in total.